The maximum Gasteiger partial charge on any atom is 0.321 e. The van der Waals surface area contributed by atoms with Crippen LogP contribution in [0.2, 0.25) is 10.0 Å². The van der Waals surface area contributed by atoms with Gasteiger partial charge in [-0.25, -0.2) is 4.79 Å². The molecule has 0 saturated carbocycles. The first kappa shape index (κ1) is 19.3. The van der Waals surface area contributed by atoms with E-state index in [0.29, 0.717) is 15.6 Å². The van der Waals surface area contributed by atoms with Gasteiger partial charge < -0.3 is 10.1 Å². The third-order valence-electron chi connectivity index (χ3n) is 2.72. The Morgan fingerprint density at radius 3 is 2.22 bits per heavy atom. The highest BCUT2D eigenvalue weighted by Gasteiger charge is 2.21. The number of nitrogens with one attached hydrogen (secondary N) is 2. The van der Waals surface area contributed by atoms with Gasteiger partial charge in [0.15, 0.2) is 6.10 Å². The van der Waals surface area contributed by atoms with E-state index in [9.17, 15) is 14.4 Å². The fourth-order valence-corrected chi connectivity index (χ4v) is 2.18. The zero-order valence-corrected chi connectivity index (χ0v) is 14.5. The van der Waals surface area contributed by atoms with Crippen molar-refractivity contribution >= 4 is 41.1 Å². The van der Waals surface area contributed by atoms with Gasteiger partial charge in [0.2, 0.25) is 0 Å². The Morgan fingerprint density at radius 1 is 1.13 bits per heavy atom. The molecule has 0 fully saturated rings. The predicted octanol–water partition coefficient (Wildman–Crippen LogP) is 2.70. The molecule has 23 heavy (non-hydrogen) atoms. The van der Waals surface area contributed by atoms with Crippen molar-refractivity contribution in [3.8, 4) is 0 Å². The number of urea groups is 1. The second-order valence-corrected chi connectivity index (χ2v) is 5.94. The van der Waals surface area contributed by atoms with E-state index in [0.717, 1.165) is 0 Å². The molecule has 0 spiro atoms. The van der Waals surface area contributed by atoms with Gasteiger partial charge in [0, 0.05) is 21.7 Å². The molecule has 126 valence electrons. The Labute approximate surface area is 144 Å². The predicted molar refractivity (Wildman–Crippen MR) is 87.5 cm³/mol. The maximum absolute atomic E-state index is 11.9. The number of halogens is 2. The molecule has 0 aromatic heterocycles. The molecule has 0 aliphatic carbocycles. The molecular weight excluding hydrogens is 343 g/mol. The van der Waals surface area contributed by atoms with Crippen LogP contribution >= 0.6 is 23.2 Å². The average molecular weight is 361 g/mol. The molecule has 0 radical (unpaired) electrons. The van der Waals surface area contributed by atoms with Gasteiger partial charge in [-0.2, -0.15) is 0 Å². The van der Waals surface area contributed by atoms with Crippen molar-refractivity contribution < 1.29 is 19.1 Å². The molecule has 1 rings (SSSR count). The second kappa shape index (κ2) is 8.74. The fourth-order valence-electron chi connectivity index (χ4n) is 1.65. The third-order valence-corrected chi connectivity index (χ3v) is 3.42. The minimum atomic E-state index is -1.12. The standard InChI is InChI=1S/C15H18Cl2N2O4/c1-8(2)18-15(22)19-14(21)9(3)23-13(20)7-10-11(16)5-4-6-12(10)17/h4-6,8-9H,7H2,1-3H3,(H2,18,19,21,22). The smallest absolute Gasteiger partial charge is 0.321 e. The molecule has 3 amide bonds. The van der Waals surface area contributed by atoms with Crippen LogP contribution in [0.25, 0.3) is 0 Å². The molecular formula is C15H18Cl2N2O4. The lowest BCUT2D eigenvalue weighted by Gasteiger charge is -2.15. The minimum absolute atomic E-state index is 0.122. The van der Waals surface area contributed by atoms with Crippen LogP contribution in [0.3, 0.4) is 0 Å². The Morgan fingerprint density at radius 2 is 1.70 bits per heavy atom. The van der Waals surface area contributed by atoms with Crippen LogP contribution in [0.5, 0.6) is 0 Å². The van der Waals surface area contributed by atoms with Gasteiger partial charge in [0.05, 0.1) is 6.42 Å². The van der Waals surface area contributed by atoms with Crippen LogP contribution in [0.15, 0.2) is 18.2 Å². The van der Waals surface area contributed by atoms with Gasteiger partial charge in [0.1, 0.15) is 0 Å². The molecule has 6 nitrogen and oxygen atoms in total. The quantitative estimate of drug-likeness (QED) is 0.790. The van der Waals surface area contributed by atoms with E-state index in [-0.39, 0.29) is 12.5 Å². The first-order valence-corrected chi connectivity index (χ1v) is 7.70. The van der Waals surface area contributed by atoms with Crippen molar-refractivity contribution in [2.45, 2.75) is 39.3 Å². The summed E-state index contributed by atoms with van der Waals surface area (Å²) < 4.78 is 4.98. The lowest BCUT2D eigenvalue weighted by molar-refractivity contribution is -0.153. The largest absolute Gasteiger partial charge is 0.452 e. The van der Waals surface area contributed by atoms with Crippen LogP contribution < -0.4 is 10.6 Å². The summed E-state index contributed by atoms with van der Waals surface area (Å²) in [6.07, 6.45) is -1.30. The van der Waals surface area contributed by atoms with E-state index in [1.165, 1.54) is 6.92 Å². The second-order valence-electron chi connectivity index (χ2n) is 5.13. The molecule has 2 N–H and O–H groups in total. The van der Waals surface area contributed by atoms with Crippen molar-refractivity contribution in [1.82, 2.24) is 10.6 Å². The van der Waals surface area contributed by atoms with E-state index in [1.807, 2.05) is 0 Å². The zero-order chi connectivity index (χ0) is 17.6. The summed E-state index contributed by atoms with van der Waals surface area (Å²) in [5.41, 5.74) is 0.422. The topological polar surface area (TPSA) is 84.5 Å². The average Bonchev–Trinajstić information content (AvgIpc) is 2.41. The van der Waals surface area contributed by atoms with Crippen molar-refractivity contribution in [1.29, 1.82) is 0 Å². The number of benzene rings is 1. The number of esters is 1. The van der Waals surface area contributed by atoms with Crippen molar-refractivity contribution in [3.63, 3.8) is 0 Å². The van der Waals surface area contributed by atoms with Crippen LogP contribution in [0.1, 0.15) is 26.3 Å². The van der Waals surface area contributed by atoms with Gasteiger partial charge in [-0.15, -0.1) is 0 Å². The minimum Gasteiger partial charge on any atom is -0.452 e. The number of ether oxygens (including phenoxy) is 1. The molecule has 0 saturated heterocycles. The summed E-state index contributed by atoms with van der Waals surface area (Å²) in [5, 5.41) is 5.25. The van der Waals surface area contributed by atoms with Crippen LogP contribution in [-0.4, -0.2) is 30.1 Å². The Balaban J connectivity index is 2.56. The molecule has 0 heterocycles. The summed E-state index contributed by atoms with van der Waals surface area (Å²) in [6, 6.07) is 4.08. The zero-order valence-electron chi connectivity index (χ0n) is 13.0. The molecule has 1 unspecified atom stereocenters. The Bertz CT molecular complexity index is 585. The van der Waals surface area contributed by atoms with Crippen molar-refractivity contribution in [3.05, 3.63) is 33.8 Å². The highest BCUT2D eigenvalue weighted by atomic mass is 35.5. The fraction of sp³-hybridized carbons (Fsp3) is 0.400. The number of hydrogen-bond acceptors (Lipinski definition) is 4. The van der Waals surface area contributed by atoms with Gasteiger partial charge in [-0.05, 0) is 32.9 Å². The third kappa shape index (κ3) is 6.46. The first-order chi connectivity index (χ1) is 10.7. The van der Waals surface area contributed by atoms with Crippen molar-refractivity contribution in [2.24, 2.45) is 0 Å². The van der Waals surface area contributed by atoms with Gasteiger partial charge in [-0.3, -0.25) is 14.9 Å². The van der Waals surface area contributed by atoms with E-state index >= 15 is 0 Å². The molecule has 1 aromatic carbocycles. The maximum atomic E-state index is 11.9. The monoisotopic (exact) mass is 360 g/mol. The van der Waals surface area contributed by atoms with E-state index < -0.39 is 24.0 Å². The highest BCUT2D eigenvalue weighted by molar-refractivity contribution is 6.36. The molecule has 0 aliphatic rings. The number of rotatable bonds is 5. The van der Waals surface area contributed by atoms with Gasteiger partial charge >= 0.3 is 12.0 Å². The lowest BCUT2D eigenvalue weighted by Crippen LogP contribution is -2.46. The molecule has 0 aliphatic heterocycles. The number of carbonyl (C=O) groups is 3. The summed E-state index contributed by atoms with van der Waals surface area (Å²) in [4.78, 5) is 35.0. The van der Waals surface area contributed by atoms with E-state index in [2.05, 4.69) is 10.6 Å². The normalized spacial score (nSPS) is 11.7. The van der Waals surface area contributed by atoms with Crippen molar-refractivity contribution in [2.75, 3.05) is 0 Å². The van der Waals surface area contributed by atoms with Crippen LogP contribution in [0.4, 0.5) is 4.79 Å². The van der Waals surface area contributed by atoms with Crippen LogP contribution in [0, 0.1) is 0 Å². The Kier molecular flexibility index (Phi) is 7.32. The molecule has 1 aromatic rings. The number of imide groups is 1. The Hall–Kier alpha value is -1.79. The van der Waals surface area contributed by atoms with E-state index in [1.54, 1.807) is 32.0 Å². The van der Waals surface area contributed by atoms with E-state index in [4.69, 9.17) is 27.9 Å². The first-order valence-electron chi connectivity index (χ1n) is 6.94. The van der Waals surface area contributed by atoms with Gasteiger partial charge in [-0.1, -0.05) is 29.3 Å². The summed E-state index contributed by atoms with van der Waals surface area (Å²) >= 11 is 11.9. The SMILES string of the molecule is CC(C)NC(=O)NC(=O)C(C)OC(=O)Cc1c(Cl)cccc1Cl. The summed E-state index contributed by atoms with van der Waals surface area (Å²) in [6.45, 7) is 4.87. The molecule has 8 heteroatoms. The summed E-state index contributed by atoms with van der Waals surface area (Å²) in [5.74, 6) is -1.39. The molecule has 0 bridgehead atoms. The highest BCUT2D eigenvalue weighted by Crippen LogP contribution is 2.25. The van der Waals surface area contributed by atoms with Crippen LogP contribution in [-0.2, 0) is 20.7 Å². The number of hydrogen-bond donors (Lipinski definition) is 2. The molecule has 1 atom stereocenters. The lowest BCUT2D eigenvalue weighted by atomic mass is 10.1. The summed E-state index contributed by atoms with van der Waals surface area (Å²) in [7, 11) is 0. The van der Waals surface area contributed by atoms with Gasteiger partial charge in [0.25, 0.3) is 5.91 Å². The number of carbonyl (C=O) groups excluding carboxylic acids is 3. The number of amides is 3.